The second-order valence-electron chi connectivity index (χ2n) is 12.8. The van der Waals surface area contributed by atoms with E-state index in [4.69, 9.17) is 19.5 Å². The third kappa shape index (κ3) is 4.25. The summed E-state index contributed by atoms with van der Waals surface area (Å²) in [5.74, 6) is 3.83. The molecule has 6 aromatic carbocycles. The van der Waals surface area contributed by atoms with E-state index >= 15 is 0 Å². The van der Waals surface area contributed by atoms with Crippen LogP contribution in [0.2, 0.25) is 0 Å². The zero-order chi connectivity index (χ0) is 32.4. The minimum atomic E-state index is -0.476. The van der Waals surface area contributed by atoms with Crippen LogP contribution in [-0.4, -0.2) is 11.7 Å². The number of ether oxygens (including phenoxy) is 2. The van der Waals surface area contributed by atoms with Gasteiger partial charge >= 0.3 is 0 Å². The second-order valence-corrected chi connectivity index (χ2v) is 12.8. The predicted molar refractivity (Wildman–Crippen MR) is 193 cm³/mol. The van der Waals surface area contributed by atoms with Crippen molar-refractivity contribution in [3.05, 3.63) is 202 Å². The van der Waals surface area contributed by atoms with E-state index in [-0.39, 0.29) is 12.3 Å². The molecule has 1 spiro atoms. The quantitative estimate of drug-likeness (QED) is 0.210. The lowest BCUT2D eigenvalue weighted by Crippen LogP contribution is -2.34. The van der Waals surface area contributed by atoms with Crippen molar-refractivity contribution in [3.63, 3.8) is 0 Å². The first kappa shape index (κ1) is 27.9. The lowest BCUT2D eigenvalue weighted by atomic mass is 9.66. The van der Waals surface area contributed by atoms with Gasteiger partial charge in [-0.05, 0) is 51.6 Å². The van der Waals surface area contributed by atoms with Crippen molar-refractivity contribution in [2.45, 2.75) is 24.1 Å². The smallest absolute Gasteiger partial charge is 0.172 e. The number of para-hydroxylation sites is 1. The molecule has 234 valence electrons. The Labute approximate surface area is 284 Å². The highest BCUT2D eigenvalue weighted by molar-refractivity contribution is 6.12. The number of hydrogen-bond acceptors (Lipinski definition) is 5. The fraction of sp³-hybridized carbons (Fsp3) is 0.0909. The standard InChI is InChI=1S/C44H31N3O2/c1-3-13-28(14-4-1)41-45-42(29-15-5-2-6-16-29)47-43(46-41)39-26-25-37(48-39)30-23-24-36-40(27-30)49-38-22-12-11-21-35(38)44(36)33-19-9-7-17-31(33)32-18-8-10-20-34(32)44/h1-24,26-27,37,41H,25H2,(H,45,46,47). The zero-order valence-corrected chi connectivity index (χ0v) is 26.6. The highest BCUT2D eigenvalue weighted by Crippen LogP contribution is 2.62. The maximum atomic E-state index is 6.74. The Balaban J connectivity index is 1.02. The summed E-state index contributed by atoms with van der Waals surface area (Å²) in [7, 11) is 0. The van der Waals surface area contributed by atoms with Gasteiger partial charge in [0, 0.05) is 23.1 Å². The molecule has 49 heavy (non-hydrogen) atoms. The number of hydrogen-bond donors (Lipinski definition) is 1. The zero-order valence-electron chi connectivity index (χ0n) is 26.6. The van der Waals surface area contributed by atoms with Crippen molar-refractivity contribution in [1.82, 2.24) is 5.32 Å². The van der Waals surface area contributed by atoms with Crippen molar-refractivity contribution >= 4 is 11.7 Å². The maximum absolute atomic E-state index is 6.74. The minimum absolute atomic E-state index is 0.182. The average molecular weight is 634 g/mol. The van der Waals surface area contributed by atoms with Gasteiger partial charge in [-0.3, -0.25) is 0 Å². The van der Waals surface area contributed by atoms with Crippen molar-refractivity contribution in [1.29, 1.82) is 0 Å². The highest BCUT2D eigenvalue weighted by atomic mass is 16.5. The van der Waals surface area contributed by atoms with Crippen LogP contribution in [0.25, 0.3) is 11.1 Å². The summed E-state index contributed by atoms with van der Waals surface area (Å²) in [6.45, 7) is 0. The van der Waals surface area contributed by atoms with E-state index in [2.05, 4.69) is 115 Å². The first-order valence-corrected chi connectivity index (χ1v) is 16.8. The van der Waals surface area contributed by atoms with Gasteiger partial charge in [-0.2, -0.15) is 0 Å². The molecule has 5 nitrogen and oxygen atoms in total. The number of fused-ring (bicyclic) bond motifs is 9. The van der Waals surface area contributed by atoms with Gasteiger partial charge in [-0.1, -0.05) is 140 Å². The summed E-state index contributed by atoms with van der Waals surface area (Å²) in [6, 6.07) is 53.1. The number of benzene rings is 6. The van der Waals surface area contributed by atoms with Gasteiger partial charge in [-0.15, -0.1) is 0 Å². The Morgan fingerprint density at radius 3 is 1.98 bits per heavy atom. The largest absolute Gasteiger partial charge is 0.482 e. The molecule has 4 aliphatic rings. The molecule has 0 fully saturated rings. The van der Waals surface area contributed by atoms with Crippen LogP contribution < -0.4 is 10.1 Å². The molecule has 0 amide bonds. The van der Waals surface area contributed by atoms with Gasteiger partial charge in [0.15, 0.2) is 17.4 Å². The topological polar surface area (TPSA) is 55.2 Å². The summed E-state index contributed by atoms with van der Waals surface area (Å²) in [4.78, 5) is 9.93. The van der Waals surface area contributed by atoms with Crippen LogP contribution in [0.5, 0.6) is 11.5 Å². The SMILES string of the molecule is C1=C(C2=NC(c3ccccc3)=NC(c3ccccc3)N2)OC(c2ccc3c(c2)Oc2ccccc2C32c3ccccc3-c3ccccc32)C1. The highest BCUT2D eigenvalue weighted by Gasteiger charge is 2.51. The van der Waals surface area contributed by atoms with Gasteiger partial charge in [-0.25, -0.2) is 9.98 Å². The molecule has 3 aliphatic heterocycles. The van der Waals surface area contributed by atoms with Crippen molar-refractivity contribution in [2.24, 2.45) is 9.98 Å². The summed E-state index contributed by atoms with van der Waals surface area (Å²) in [5, 5.41) is 3.54. The van der Waals surface area contributed by atoms with Crippen molar-refractivity contribution in [2.75, 3.05) is 0 Å². The van der Waals surface area contributed by atoms with Crippen molar-refractivity contribution < 1.29 is 9.47 Å². The molecule has 0 saturated heterocycles. The number of nitrogens with one attached hydrogen (secondary N) is 1. The summed E-state index contributed by atoms with van der Waals surface area (Å²) < 4.78 is 13.4. The molecular weight excluding hydrogens is 603 g/mol. The molecule has 0 saturated carbocycles. The molecule has 2 unspecified atom stereocenters. The predicted octanol–water partition coefficient (Wildman–Crippen LogP) is 9.65. The average Bonchev–Trinajstić information content (AvgIpc) is 3.78. The molecule has 0 aromatic heterocycles. The Bertz CT molecular complexity index is 2310. The molecule has 0 bridgehead atoms. The fourth-order valence-corrected chi connectivity index (χ4v) is 7.99. The van der Waals surface area contributed by atoms with Crippen LogP contribution >= 0.6 is 0 Å². The van der Waals surface area contributed by atoms with Crippen LogP contribution in [0.4, 0.5) is 0 Å². The van der Waals surface area contributed by atoms with Crippen LogP contribution in [0.15, 0.2) is 173 Å². The molecule has 3 heterocycles. The van der Waals surface area contributed by atoms with Crippen LogP contribution in [0.3, 0.4) is 0 Å². The third-order valence-electron chi connectivity index (χ3n) is 10.2. The minimum Gasteiger partial charge on any atom is -0.482 e. The van der Waals surface area contributed by atoms with Gasteiger partial charge in [0.25, 0.3) is 0 Å². The first-order valence-electron chi connectivity index (χ1n) is 16.8. The monoisotopic (exact) mass is 633 g/mol. The first-order chi connectivity index (χ1) is 24.3. The molecule has 0 radical (unpaired) electrons. The Morgan fingerprint density at radius 1 is 0.592 bits per heavy atom. The molecule has 1 aliphatic carbocycles. The number of rotatable bonds is 4. The lowest BCUT2D eigenvalue weighted by molar-refractivity contribution is 0.158. The van der Waals surface area contributed by atoms with Gasteiger partial charge < -0.3 is 14.8 Å². The van der Waals surface area contributed by atoms with E-state index in [1.165, 1.54) is 27.8 Å². The summed E-state index contributed by atoms with van der Waals surface area (Å²) in [6.07, 6.45) is 2.39. The molecule has 6 aromatic rings. The van der Waals surface area contributed by atoms with Crippen LogP contribution in [0.1, 0.15) is 57.6 Å². The van der Waals surface area contributed by atoms with Gasteiger partial charge in [0.1, 0.15) is 23.8 Å². The van der Waals surface area contributed by atoms with E-state index in [0.717, 1.165) is 45.9 Å². The van der Waals surface area contributed by atoms with E-state index in [1.54, 1.807) is 0 Å². The van der Waals surface area contributed by atoms with Crippen LogP contribution in [0, 0.1) is 0 Å². The molecule has 5 heteroatoms. The Kier molecular flexibility index (Phi) is 6.21. The third-order valence-corrected chi connectivity index (χ3v) is 10.2. The fourth-order valence-electron chi connectivity index (χ4n) is 7.99. The Hall–Kier alpha value is -6.20. The maximum Gasteiger partial charge on any atom is 0.172 e. The Morgan fingerprint density at radius 2 is 1.22 bits per heavy atom. The number of nitrogens with zero attached hydrogens (tertiary/aromatic N) is 2. The molecular formula is C44H31N3O2. The van der Waals surface area contributed by atoms with E-state index in [1.807, 2.05) is 48.5 Å². The molecule has 1 N–H and O–H groups in total. The van der Waals surface area contributed by atoms with Crippen LogP contribution in [-0.2, 0) is 10.2 Å². The summed E-state index contributed by atoms with van der Waals surface area (Å²) in [5.41, 5.74) is 10.0. The van der Waals surface area contributed by atoms with Gasteiger partial charge in [0.2, 0.25) is 0 Å². The second kappa shape index (κ2) is 10.9. The molecule has 10 rings (SSSR count). The number of aliphatic imine (C=N–C) groups is 2. The molecule has 2 atom stereocenters. The van der Waals surface area contributed by atoms with Crippen molar-refractivity contribution in [3.8, 4) is 22.6 Å². The summed E-state index contributed by atoms with van der Waals surface area (Å²) >= 11 is 0. The van der Waals surface area contributed by atoms with E-state index < -0.39 is 5.41 Å². The number of amidine groups is 2. The van der Waals surface area contributed by atoms with E-state index in [9.17, 15) is 0 Å². The van der Waals surface area contributed by atoms with Gasteiger partial charge in [0.05, 0.1) is 5.41 Å². The normalized spacial score (nSPS) is 19.1. The van der Waals surface area contributed by atoms with E-state index in [0.29, 0.717) is 11.7 Å². The lowest BCUT2D eigenvalue weighted by Gasteiger charge is -2.39.